The lowest BCUT2D eigenvalue weighted by Crippen LogP contribution is -1.99. The minimum Gasteiger partial charge on any atom is -0.392 e. The molecule has 0 unspecified atom stereocenters. The zero-order chi connectivity index (χ0) is 15.0. The van der Waals surface area contributed by atoms with Crippen molar-refractivity contribution in [3.63, 3.8) is 0 Å². The highest BCUT2D eigenvalue weighted by Gasteiger charge is 2.16. The van der Waals surface area contributed by atoms with Gasteiger partial charge >= 0.3 is 0 Å². The van der Waals surface area contributed by atoms with E-state index in [4.69, 9.17) is 0 Å². The molecule has 3 rings (SSSR count). The lowest BCUT2D eigenvalue weighted by molar-refractivity contribution is 0.282. The number of fused-ring (bicyclic) bond motifs is 1. The van der Waals surface area contributed by atoms with E-state index in [1.807, 2.05) is 35.7 Å². The monoisotopic (exact) mass is 318 g/mol. The Hall–Kier alpha value is -1.69. The molecule has 0 aliphatic rings. The van der Waals surface area contributed by atoms with Gasteiger partial charge in [0.05, 0.1) is 11.5 Å². The fourth-order valence-corrected chi connectivity index (χ4v) is 4.24. The first-order valence-electron chi connectivity index (χ1n) is 6.41. The highest BCUT2D eigenvalue weighted by Crippen LogP contribution is 2.37. The number of rotatable bonds is 3. The lowest BCUT2D eigenvalue weighted by Gasteiger charge is -2.07. The van der Waals surface area contributed by atoms with Crippen LogP contribution < -0.4 is 0 Å². The van der Waals surface area contributed by atoms with Crippen LogP contribution in [0.25, 0.3) is 21.2 Å². The summed E-state index contributed by atoms with van der Waals surface area (Å²) in [5.74, 6) is 0. The molecule has 3 nitrogen and oxygen atoms in total. The van der Waals surface area contributed by atoms with Crippen LogP contribution in [0.2, 0.25) is 0 Å². The predicted molar refractivity (Wildman–Crippen MR) is 86.3 cm³/mol. The largest absolute Gasteiger partial charge is 0.392 e. The molecule has 5 heteroatoms. The summed E-state index contributed by atoms with van der Waals surface area (Å²) in [7, 11) is -3.29. The maximum absolute atomic E-state index is 12.0. The summed E-state index contributed by atoms with van der Waals surface area (Å²) < 4.78 is 25.0. The van der Waals surface area contributed by atoms with Gasteiger partial charge in [-0.1, -0.05) is 24.3 Å². The molecule has 21 heavy (non-hydrogen) atoms. The molecule has 1 N–H and O–H groups in total. The van der Waals surface area contributed by atoms with Crippen molar-refractivity contribution in [2.24, 2.45) is 0 Å². The van der Waals surface area contributed by atoms with Crippen molar-refractivity contribution in [1.29, 1.82) is 0 Å². The van der Waals surface area contributed by atoms with Crippen LogP contribution in [0.5, 0.6) is 0 Å². The van der Waals surface area contributed by atoms with Gasteiger partial charge in [0.15, 0.2) is 9.84 Å². The molecule has 0 aliphatic carbocycles. The van der Waals surface area contributed by atoms with Gasteiger partial charge in [0.25, 0.3) is 0 Å². The van der Waals surface area contributed by atoms with E-state index in [1.165, 1.54) is 6.26 Å². The molecular formula is C16H14O3S2. The maximum Gasteiger partial charge on any atom is 0.176 e. The highest BCUT2D eigenvalue weighted by molar-refractivity contribution is 7.90. The maximum atomic E-state index is 12.0. The first-order valence-corrected chi connectivity index (χ1v) is 9.18. The second kappa shape index (κ2) is 5.26. The fraction of sp³-hybridized carbons (Fsp3) is 0.125. The van der Waals surface area contributed by atoms with Crippen LogP contribution >= 0.6 is 11.3 Å². The van der Waals surface area contributed by atoms with Crippen molar-refractivity contribution in [2.75, 3.05) is 6.26 Å². The van der Waals surface area contributed by atoms with E-state index < -0.39 is 9.84 Å². The van der Waals surface area contributed by atoms with Gasteiger partial charge in [-0.25, -0.2) is 8.42 Å². The molecule has 0 saturated heterocycles. The Balaban J connectivity index is 2.31. The van der Waals surface area contributed by atoms with E-state index in [0.29, 0.717) is 10.5 Å². The molecule has 0 radical (unpaired) electrons. The van der Waals surface area contributed by atoms with Crippen LogP contribution in [0.1, 0.15) is 5.56 Å². The van der Waals surface area contributed by atoms with Crippen molar-refractivity contribution in [2.45, 2.75) is 11.5 Å². The molecule has 0 amide bonds. The fourth-order valence-electron chi connectivity index (χ4n) is 2.40. The summed E-state index contributed by atoms with van der Waals surface area (Å²) in [4.78, 5) is 0.333. The minimum absolute atomic E-state index is 0.0288. The number of aliphatic hydroxyl groups is 1. The van der Waals surface area contributed by atoms with Gasteiger partial charge in [-0.15, -0.1) is 11.3 Å². The summed E-state index contributed by atoms with van der Waals surface area (Å²) in [5.41, 5.74) is 2.42. The van der Waals surface area contributed by atoms with Crippen molar-refractivity contribution in [1.82, 2.24) is 0 Å². The van der Waals surface area contributed by atoms with Crippen LogP contribution in [0.3, 0.4) is 0 Å². The van der Waals surface area contributed by atoms with Crippen LogP contribution in [-0.4, -0.2) is 19.8 Å². The van der Waals surface area contributed by atoms with E-state index in [2.05, 4.69) is 0 Å². The summed E-state index contributed by atoms with van der Waals surface area (Å²) in [5, 5.41) is 12.2. The topological polar surface area (TPSA) is 54.4 Å². The van der Waals surface area contributed by atoms with E-state index in [0.717, 1.165) is 21.2 Å². The molecule has 1 aromatic heterocycles. The Morgan fingerprint density at radius 2 is 1.86 bits per heavy atom. The van der Waals surface area contributed by atoms with Crippen molar-refractivity contribution in [3.05, 3.63) is 53.4 Å². The molecular weight excluding hydrogens is 304 g/mol. The summed E-state index contributed by atoms with van der Waals surface area (Å²) >= 11 is 1.57. The molecule has 2 aromatic carbocycles. The van der Waals surface area contributed by atoms with Crippen LogP contribution in [0, 0.1) is 0 Å². The SMILES string of the molecule is CS(=O)(=O)c1ccccc1-c1csc2ccc(CO)cc12. The standard InChI is InChI=1S/C16H14O3S2/c1-21(18,19)16-5-3-2-4-12(16)14-10-20-15-7-6-11(9-17)8-13(14)15/h2-8,10,17H,9H2,1H3. The van der Waals surface area contributed by atoms with Gasteiger partial charge in [-0.05, 0) is 29.1 Å². The third-order valence-electron chi connectivity index (χ3n) is 3.40. The quantitative estimate of drug-likeness (QED) is 0.804. The summed E-state index contributed by atoms with van der Waals surface area (Å²) in [6.07, 6.45) is 1.22. The zero-order valence-electron chi connectivity index (χ0n) is 11.4. The Labute approximate surface area is 127 Å². The number of hydrogen-bond acceptors (Lipinski definition) is 4. The van der Waals surface area contributed by atoms with Crippen molar-refractivity contribution < 1.29 is 13.5 Å². The van der Waals surface area contributed by atoms with Gasteiger partial charge in [-0.2, -0.15) is 0 Å². The molecule has 0 atom stereocenters. The molecule has 0 saturated carbocycles. The zero-order valence-corrected chi connectivity index (χ0v) is 13.0. The second-order valence-corrected chi connectivity index (χ2v) is 7.80. The van der Waals surface area contributed by atoms with E-state index in [9.17, 15) is 13.5 Å². The van der Waals surface area contributed by atoms with E-state index >= 15 is 0 Å². The van der Waals surface area contributed by atoms with E-state index in [-0.39, 0.29) is 6.61 Å². The number of sulfone groups is 1. The van der Waals surface area contributed by atoms with E-state index in [1.54, 1.807) is 23.5 Å². The minimum atomic E-state index is -3.29. The third kappa shape index (κ3) is 2.60. The molecule has 108 valence electrons. The molecule has 0 fully saturated rings. The highest BCUT2D eigenvalue weighted by atomic mass is 32.2. The van der Waals surface area contributed by atoms with Gasteiger partial charge in [-0.3, -0.25) is 0 Å². The Kier molecular flexibility index (Phi) is 3.57. The first kappa shape index (κ1) is 14.3. The van der Waals surface area contributed by atoms with Gasteiger partial charge in [0, 0.05) is 27.5 Å². The summed E-state index contributed by atoms with van der Waals surface area (Å²) in [6, 6.07) is 12.8. The molecule has 1 heterocycles. The lowest BCUT2D eigenvalue weighted by atomic mass is 10.0. The predicted octanol–water partition coefficient (Wildman–Crippen LogP) is 3.46. The number of thiophene rings is 1. The van der Waals surface area contributed by atoms with Crippen molar-refractivity contribution >= 4 is 31.3 Å². The van der Waals surface area contributed by atoms with Crippen LogP contribution in [0.15, 0.2) is 52.7 Å². The molecule has 0 aliphatic heterocycles. The average Bonchev–Trinajstić information content (AvgIpc) is 2.89. The first-order chi connectivity index (χ1) is 10.0. The van der Waals surface area contributed by atoms with Crippen LogP contribution in [0.4, 0.5) is 0 Å². The third-order valence-corrected chi connectivity index (χ3v) is 5.52. The average molecular weight is 318 g/mol. The van der Waals surface area contributed by atoms with Gasteiger partial charge in [0.1, 0.15) is 0 Å². The molecule has 0 spiro atoms. The number of benzene rings is 2. The van der Waals surface area contributed by atoms with Crippen molar-refractivity contribution in [3.8, 4) is 11.1 Å². The molecule has 0 bridgehead atoms. The molecule has 3 aromatic rings. The number of hydrogen-bond donors (Lipinski definition) is 1. The normalized spacial score (nSPS) is 11.9. The Bertz CT molecular complexity index is 908. The van der Waals surface area contributed by atoms with Crippen LogP contribution in [-0.2, 0) is 16.4 Å². The van der Waals surface area contributed by atoms with Gasteiger partial charge < -0.3 is 5.11 Å². The Morgan fingerprint density at radius 1 is 1.10 bits per heavy atom. The Morgan fingerprint density at radius 3 is 2.57 bits per heavy atom. The summed E-state index contributed by atoms with van der Waals surface area (Å²) in [6.45, 7) is -0.0288. The second-order valence-electron chi connectivity index (χ2n) is 4.91. The van der Waals surface area contributed by atoms with Gasteiger partial charge in [0.2, 0.25) is 0 Å². The number of aliphatic hydroxyl groups excluding tert-OH is 1. The smallest absolute Gasteiger partial charge is 0.176 e.